The van der Waals surface area contributed by atoms with Crippen molar-refractivity contribution in [2.75, 3.05) is 50.5 Å². The fourth-order valence-electron chi connectivity index (χ4n) is 4.56. The number of benzene rings is 1. The SMILES string of the molecule is Cc1ccc(C(=O)Nc2cncc(C(F)(F)F)c2)cc1[C@@H]1CCN(c2cncc(C(=O)NCCN(C)C)c2)C1. The predicted molar refractivity (Wildman–Crippen MR) is 143 cm³/mol. The van der Waals surface area contributed by atoms with Gasteiger partial charge < -0.3 is 20.4 Å². The van der Waals surface area contributed by atoms with E-state index in [2.05, 4.69) is 25.5 Å². The Bertz CT molecular complexity index is 1340. The van der Waals surface area contributed by atoms with Gasteiger partial charge in [0.05, 0.1) is 34.9 Å². The number of nitrogens with one attached hydrogen (secondary N) is 2. The van der Waals surface area contributed by atoms with Crippen molar-refractivity contribution in [3.63, 3.8) is 0 Å². The third-order valence-electron chi connectivity index (χ3n) is 6.69. The summed E-state index contributed by atoms with van der Waals surface area (Å²) in [7, 11) is 3.88. The van der Waals surface area contributed by atoms with Crippen LogP contribution in [0.5, 0.6) is 0 Å². The molecule has 1 fully saturated rings. The third kappa shape index (κ3) is 7.11. The number of carbonyl (C=O) groups is 2. The van der Waals surface area contributed by atoms with Gasteiger partial charge in [-0.1, -0.05) is 6.07 Å². The maximum Gasteiger partial charge on any atom is 0.417 e. The molecule has 0 aliphatic carbocycles. The monoisotopic (exact) mass is 540 g/mol. The summed E-state index contributed by atoms with van der Waals surface area (Å²) >= 11 is 0. The van der Waals surface area contributed by atoms with Crippen LogP contribution in [0.25, 0.3) is 0 Å². The van der Waals surface area contributed by atoms with Gasteiger partial charge in [0.2, 0.25) is 0 Å². The Labute approximate surface area is 225 Å². The van der Waals surface area contributed by atoms with Crippen LogP contribution >= 0.6 is 0 Å². The lowest BCUT2D eigenvalue weighted by Crippen LogP contribution is -2.31. The molecular weight excluding hydrogens is 509 g/mol. The molecule has 0 unspecified atom stereocenters. The molecule has 3 heterocycles. The van der Waals surface area contributed by atoms with E-state index >= 15 is 0 Å². The molecule has 2 N–H and O–H groups in total. The fourth-order valence-corrected chi connectivity index (χ4v) is 4.56. The predicted octanol–water partition coefficient (Wildman–Crippen LogP) is 4.34. The second-order valence-electron chi connectivity index (χ2n) is 9.91. The molecule has 11 heteroatoms. The van der Waals surface area contributed by atoms with Crippen molar-refractivity contribution in [1.29, 1.82) is 0 Å². The number of aryl methyl sites for hydroxylation is 1. The first-order valence-corrected chi connectivity index (χ1v) is 12.6. The van der Waals surface area contributed by atoms with Crippen LogP contribution in [0, 0.1) is 6.92 Å². The molecule has 4 rings (SSSR count). The summed E-state index contributed by atoms with van der Waals surface area (Å²) in [6.45, 7) is 4.67. The summed E-state index contributed by atoms with van der Waals surface area (Å²) in [6, 6.07) is 7.99. The minimum absolute atomic E-state index is 0.0258. The summed E-state index contributed by atoms with van der Waals surface area (Å²) in [6.07, 6.45) is 1.47. The highest BCUT2D eigenvalue weighted by atomic mass is 19.4. The van der Waals surface area contributed by atoms with Gasteiger partial charge >= 0.3 is 6.18 Å². The summed E-state index contributed by atoms with van der Waals surface area (Å²) in [5.41, 5.74) is 2.76. The molecule has 0 radical (unpaired) electrons. The van der Waals surface area contributed by atoms with Crippen molar-refractivity contribution in [3.05, 3.63) is 82.9 Å². The molecule has 1 saturated heterocycles. The van der Waals surface area contributed by atoms with Crippen LogP contribution in [0.3, 0.4) is 0 Å². The van der Waals surface area contributed by atoms with E-state index in [1.807, 2.05) is 38.1 Å². The molecule has 206 valence electrons. The van der Waals surface area contributed by atoms with E-state index < -0.39 is 17.6 Å². The number of pyridine rings is 2. The summed E-state index contributed by atoms with van der Waals surface area (Å²) in [5, 5.41) is 5.42. The quantitative estimate of drug-likeness (QED) is 0.442. The third-order valence-corrected chi connectivity index (χ3v) is 6.69. The number of likely N-dealkylation sites (N-methyl/N-ethyl adjacent to an activating group) is 1. The van der Waals surface area contributed by atoms with Crippen molar-refractivity contribution in [3.8, 4) is 0 Å². The van der Waals surface area contributed by atoms with Crippen LogP contribution < -0.4 is 15.5 Å². The van der Waals surface area contributed by atoms with Gasteiger partial charge in [0.1, 0.15) is 0 Å². The zero-order chi connectivity index (χ0) is 28.2. The van der Waals surface area contributed by atoms with E-state index in [-0.39, 0.29) is 17.5 Å². The lowest BCUT2D eigenvalue weighted by molar-refractivity contribution is -0.137. The second-order valence-corrected chi connectivity index (χ2v) is 9.91. The number of nitrogens with zero attached hydrogens (tertiary/aromatic N) is 4. The molecule has 2 amide bonds. The van der Waals surface area contributed by atoms with Crippen LogP contribution in [-0.4, -0.2) is 67.0 Å². The topological polar surface area (TPSA) is 90.5 Å². The highest BCUT2D eigenvalue weighted by Crippen LogP contribution is 2.33. The zero-order valence-corrected chi connectivity index (χ0v) is 22.0. The molecular formula is C28H31F3N6O2. The first-order valence-electron chi connectivity index (χ1n) is 12.6. The van der Waals surface area contributed by atoms with Gasteiger partial charge in [-0.3, -0.25) is 19.6 Å². The van der Waals surface area contributed by atoms with E-state index in [1.54, 1.807) is 24.5 Å². The van der Waals surface area contributed by atoms with Gasteiger partial charge in [0, 0.05) is 50.1 Å². The zero-order valence-electron chi connectivity index (χ0n) is 22.0. The Balaban J connectivity index is 1.44. The minimum Gasteiger partial charge on any atom is -0.370 e. The van der Waals surface area contributed by atoms with Crippen LogP contribution in [0.1, 0.15) is 49.7 Å². The molecule has 1 aromatic carbocycles. The lowest BCUT2D eigenvalue weighted by Gasteiger charge is -2.20. The van der Waals surface area contributed by atoms with Gasteiger partial charge in [-0.2, -0.15) is 13.2 Å². The highest BCUT2D eigenvalue weighted by molar-refractivity contribution is 6.04. The van der Waals surface area contributed by atoms with Crippen molar-refractivity contribution >= 4 is 23.2 Å². The normalized spacial score (nSPS) is 15.5. The molecule has 0 spiro atoms. The smallest absolute Gasteiger partial charge is 0.370 e. The van der Waals surface area contributed by atoms with E-state index in [0.717, 1.165) is 42.4 Å². The molecule has 8 nitrogen and oxygen atoms in total. The number of hydrogen-bond acceptors (Lipinski definition) is 6. The molecule has 0 bridgehead atoms. The number of hydrogen-bond donors (Lipinski definition) is 2. The van der Waals surface area contributed by atoms with E-state index in [0.29, 0.717) is 30.4 Å². The summed E-state index contributed by atoms with van der Waals surface area (Å²) < 4.78 is 39.0. The Morgan fingerprint density at radius 2 is 1.79 bits per heavy atom. The summed E-state index contributed by atoms with van der Waals surface area (Å²) in [4.78, 5) is 37.4. The standard InChI is InChI=1S/C28H31F3N6O2/c1-18-4-5-19(27(39)35-23-12-22(14-33-15-23)28(29,30)31)11-25(18)20-6-8-37(17-20)24-10-21(13-32-16-24)26(38)34-7-9-36(2)3/h4-5,10-16,20H,6-9,17H2,1-3H3,(H,34,38)(H,35,39)/t20-/m1/s1. The van der Waals surface area contributed by atoms with E-state index in [9.17, 15) is 22.8 Å². The van der Waals surface area contributed by atoms with Crippen molar-refractivity contribution in [2.24, 2.45) is 0 Å². The Morgan fingerprint density at radius 3 is 2.54 bits per heavy atom. The minimum atomic E-state index is -4.55. The average molecular weight is 541 g/mol. The van der Waals surface area contributed by atoms with Gasteiger partial charge in [0.15, 0.2) is 0 Å². The largest absolute Gasteiger partial charge is 0.417 e. The van der Waals surface area contributed by atoms with Crippen molar-refractivity contribution < 1.29 is 22.8 Å². The first kappa shape index (κ1) is 28.0. The first-order chi connectivity index (χ1) is 18.5. The number of alkyl halides is 3. The number of aromatic nitrogens is 2. The van der Waals surface area contributed by atoms with Crippen LogP contribution in [-0.2, 0) is 6.18 Å². The van der Waals surface area contributed by atoms with Crippen molar-refractivity contribution in [2.45, 2.75) is 25.4 Å². The molecule has 1 aliphatic heterocycles. The molecule has 1 atom stereocenters. The second kappa shape index (κ2) is 11.8. The number of carbonyl (C=O) groups excluding carboxylic acids is 2. The van der Waals surface area contributed by atoms with Crippen LogP contribution in [0.2, 0.25) is 0 Å². The Kier molecular flexibility index (Phi) is 8.49. The number of anilines is 2. The molecule has 39 heavy (non-hydrogen) atoms. The number of halogens is 3. The van der Waals surface area contributed by atoms with Crippen LogP contribution in [0.15, 0.2) is 55.1 Å². The number of amides is 2. The highest BCUT2D eigenvalue weighted by Gasteiger charge is 2.31. The Morgan fingerprint density at radius 1 is 1.03 bits per heavy atom. The maximum atomic E-state index is 13.0. The average Bonchev–Trinajstić information content (AvgIpc) is 3.38. The number of rotatable bonds is 8. The van der Waals surface area contributed by atoms with Gasteiger partial charge in [-0.05, 0) is 62.8 Å². The van der Waals surface area contributed by atoms with E-state index in [4.69, 9.17) is 0 Å². The Hall–Kier alpha value is -3.99. The molecule has 2 aromatic heterocycles. The fraction of sp³-hybridized carbons (Fsp3) is 0.357. The van der Waals surface area contributed by atoms with Gasteiger partial charge in [-0.25, -0.2) is 0 Å². The van der Waals surface area contributed by atoms with Gasteiger partial charge in [-0.15, -0.1) is 0 Å². The van der Waals surface area contributed by atoms with Crippen LogP contribution in [0.4, 0.5) is 24.5 Å². The van der Waals surface area contributed by atoms with Crippen molar-refractivity contribution in [1.82, 2.24) is 20.2 Å². The van der Waals surface area contributed by atoms with E-state index in [1.165, 1.54) is 6.20 Å². The molecule has 0 saturated carbocycles. The molecule has 3 aromatic rings. The molecule has 1 aliphatic rings. The summed E-state index contributed by atoms with van der Waals surface area (Å²) in [5.74, 6) is -0.553. The lowest BCUT2D eigenvalue weighted by atomic mass is 9.92. The van der Waals surface area contributed by atoms with Gasteiger partial charge in [0.25, 0.3) is 11.8 Å². The maximum absolute atomic E-state index is 13.0.